The molecule has 0 radical (unpaired) electrons. The largest absolute Gasteiger partial charge is 0.360 e. The van der Waals surface area contributed by atoms with Gasteiger partial charge in [-0.3, -0.25) is 4.79 Å². The van der Waals surface area contributed by atoms with Crippen LogP contribution in [-0.4, -0.2) is 49.7 Å². The topological polar surface area (TPSA) is 65.4 Å². The Labute approximate surface area is 95.4 Å². The number of ether oxygens (including phenoxy) is 1. The van der Waals surface area contributed by atoms with Gasteiger partial charge in [0.05, 0.1) is 25.8 Å². The van der Waals surface area contributed by atoms with Gasteiger partial charge in [-0.05, 0) is 25.3 Å². The van der Waals surface area contributed by atoms with Gasteiger partial charge >= 0.3 is 0 Å². The third-order valence-corrected chi connectivity index (χ3v) is 2.97. The quantitative estimate of drug-likeness (QED) is 0.713. The fourth-order valence-corrected chi connectivity index (χ4v) is 1.77. The molecule has 1 aliphatic carbocycles. The molecule has 1 aliphatic heterocycles. The molecule has 1 N–H and O–H groups in total. The smallest absolute Gasteiger partial charge is 0.236 e. The van der Waals surface area contributed by atoms with Crippen molar-refractivity contribution in [1.82, 2.24) is 10.2 Å². The van der Waals surface area contributed by atoms with E-state index in [-0.39, 0.29) is 5.91 Å². The predicted molar refractivity (Wildman–Crippen MR) is 57.5 cm³/mol. The molecule has 1 amide bonds. The molecule has 1 unspecified atom stereocenters. The second kappa shape index (κ2) is 5.28. The van der Waals surface area contributed by atoms with E-state index in [1.807, 2.05) is 6.07 Å². The van der Waals surface area contributed by atoms with Crippen LogP contribution in [0.3, 0.4) is 0 Å². The molecule has 0 spiro atoms. The van der Waals surface area contributed by atoms with Gasteiger partial charge in [-0.1, -0.05) is 0 Å². The zero-order chi connectivity index (χ0) is 11.4. The van der Waals surface area contributed by atoms with Gasteiger partial charge in [0.2, 0.25) is 5.91 Å². The van der Waals surface area contributed by atoms with Crippen LogP contribution in [0.15, 0.2) is 0 Å². The molecule has 0 aromatic heterocycles. The number of hydrogen-bond acceptors (Lipinski definition) is 4. The summed E-state index contributed by atoms with van der Waals surface area (Å²) in [6, 6.07) is 2.04. The van der Waals surface area contributed by atoms with Crippen LogP contribution in [0.25, 0.3) is 0 Å². The fraction of sp³-hybridized carbons (Fsp3) is 0.818. The minimum atomic E-state index is -0.457. The van der Waals surface area contributed by atoms with Gasteiger partial charge < -0.3 is 15.0 Å². The number of nitriles is 1. The number of amides is 1. The van der Waals surface area contributed by atoms with Crippen molar-refractivity contribution in [3.63, 3.8) is 0 Å². The molecule has 1 heterocycles. The summed E-state index contributed by atoms with van der Waals surface area (Å²) in [6.45, 7) is 2.79. The molecule has 1 saturated heterocycles. The zero-order valence-corrected chi connectivity index (χ0v) is 9.32. The van der Waals surface area contributed by atoms with Crippen molar-refractivity contribution >= 4 is 5.91 Å². The first-order valence-electron chi connectivity index (χ1n) is 5.79. The minimum absolute atomic E-state index is 0.0733. The summed E-state index contributed by atoms with van der Waals surface area (Å²) in [5.41, 5.74) is 0. The number of nitrogens with one attached hydrogen (secondary N) is 1. The van der Waals surface area contributed by atoms with Crippen LogP contribution in [0, 0.1) is 17.2 Å². The number of nitrogens with zero attached hydrogens (tertiary/aromatic N) is 2. The van der Waals surface area contributed by atoms with Crippen LogP contribution in [0.5, 0.6) is 0 Å². The minimum Gasteiger partial charge on any atom is -0.360 e. The van der Waals surface area contributed by atoms with Gasteiger partial charge in [0.15, 0.2) is 6.10 Å². The van der Waals surface area contributed by atoms with Crippen molar-refractivity contribution in [1.29, 1.82) is 5.26 Å². The van der Waals surface area contributed by atoms with E-state index in [0.717, 1.165) is 12.5 Å². The number of carbonyl (C=O) groups is 1. The van der Waals surface area contributed by atoms with Crippen molar-refractivity contribution in [2.24, 2.45) is 5.92 Å². The molecular formula is C11H17N3O2. The first kappa shape index (κ1) is 11.4. The lowest BCUT2D eigenvalue weighted by atomic mass is 10.3. The van der Waals surface area contributed by atoms with E-state index in [1.165, 1.54) is 12.8 Å². The Morgan fingerprint density at radius 3 is 3.06 bits per heavy atom. The fourth-order valence-electron chi connectivity index (χ4n) is 1.77. The number of carbonyl (C=O) groups excluding carboxylic acids is 1. The summed E-state index contributed by atoms with van der Waals surface area (Å²) in [4.78, 5) is 13.5. The van der Waals surface area contributed by atoms with Crippen molar-refractivity contribution in [2.75, 3.05) is 32.8 Å². The molecule has 5 heteroatoms. The highest BCUT2D eigenvalue weighted by molar-refractivity contribution is 5.78. The molecule has 5 nitrogen and oxygen atoms in total. The SMILES string of the molecule is N#CC1CN(C(=O)CNCC2CC2)CCO1. The van der Waals surface area contributed by atoms with Crippen LogP contribution < -0.4 is 5.32 Å². The van der Waals surface area contributed by atoms with Crippen molar-refractivity contribution in [3.05, 3.63) is 0 Å². The lowest BCUT2D eigenvalue weighted by Crippen LogP contribution is -2.48. The lowest BCUT2D eigenvalue weighted by molar-refractivity contribution is -0.136. The van der Waals surface area contributed by atoms with E-state index in [4.69, 9.17) is 10.00 Å². The summed E-state index contributed by atoms with van der Waals surface area (Å²) < 4.78 is 5.18. The molecule has 0 bridgehead atoms. The standard InChI is InChI=1S/C11H17N3O2/c12-5-10-8-14(3-4-16-10)11(15)7-13-6-9-1-2-9/h9-10,13H,1-4,6-8H2. The average Bonchev–Trinajstić information content (AvgIpc) is 3.13. The molecule has 2 fully saturated rings. The molecule has 2 aliphatic rings. The zero-order valence-electron chi connectivity index (χ0n) is 9.32. The Morgan fingerprint density at radius 2 is 2.38 bits per heavy atom. The van der Waals surface area contributed by atoms with Crippen molar-refractivity contribution in [2.45, 2.75) is 18.9 Å². The molecular weight excluding hydrogens is 206 g/mol. The number of hydrogen-bond donors (Lipinski definition) is 1. The Hall–Kier alpha value is -1.12. The number of rotatable bonds is 4. The maximum atomic E-state index is 11.8. The van der Waals surface area contributed by atoms with E-state index >= 15 is 0 Å². The van der Waals surface area contributed by atoms with Crippen molar-refractivity contribution < 1.29 is 9.53 Å². The van der Waals surface area contributed by atoms with Gasteiger partial charge in [0.1, 0.15) is 0 Å². The predicted octanol–water partition coefficient (Wildman–Crippen LogP) is -0.263. The first-order chi connectivity index (χ1) is 7.79. The maximum absolute atomic E-state index is 11.8. The second-order valence-corrected chi connectivity index (χ2v) is 4.40. The van der Waals surface area contributed by atoms with Crippen LogP contribution in [-0.2, 0) is 9.53 Å². The van der Waals surface area contributed by atoms with Gasteiger partial charge in [-0.25, -0.2) is 0 Å². The van der Waals surface area contributed by atoms with Gasteiger partial charge in [0.25, 0.3) is 0 Å². The Bertz CT molecular complexity index is 296. The van der Waals surface area contributed by atoms with E-state index in [2.05, 4.69) is 5.32 Å². The highest BCUT2D eigenvalue weighted by Crippen LogP contribution is 2.27. The summed E-state index contributed by atoms with van der Waals surface area (Å²) in [5, 5.41) is 11.9. The third-order valence-electron chi connectivity index (χ3n) is 2.97. The van der Waals surface area contributed by atoms with Gasteiger partial charge in [-0.2, -0.15) is 5.26 Å². The van der Waals surface area contributed by atoms with Gasteiger partial charge in [0, 0.05) is 6.54 Å². The first-order valence-corrected chi connectivity index (χ1v) is 5.79. The van der Waals surface area contributed by atoms with Crippen LogP contribution in [0.1, 0.15) is 12.8 Å². The molecule has 1 saturated carbocycles. The Kier molecular flexibility index (Phi) is 3.75. The van der Waals surface area contributed by atoms with E-state index in [1.54, 1.807) is 4.90 Å². The second-order valence-electron chi connectivity index (χ2n) is 4.40. The molecule has 1 atom stereocenters. The van der Waals surface area contributed by atoms with Gasteiger partial charge in [-0.15, -0.1) is 0 Å². The Balaban J connectivity index is 1.68. The molecule has 0 aromatic carbocycles. The summed E-state index contributed by atoms with van der Waals surface area (Å²) in [5.74, 6) is 0.855. The monoisotopic (exact) mass is 223 g/mol. The number of morpholine rings is 1. The van der Waals surface area contributed by atoms with Crippen LogP contribution >= 0.6 is 0 Å². The lowest BCUT2D eigenvalue weighted by Gasteiger charge is -2.29. The summed E-state index contributed by atoms with van der Waals surface area (Å²) in [6.07, 6.45) is 2.12. The highest BCUT2D eigenvalue weighted by atomic mass is 16.5. The molecule has 88 valence electrons. The van der Waals surface area contributed by atoms with Crippen LogP contribution in [0.4, 0.5) is 0 Å². The highest BCUT2D eigenvalue weighted by Gasteiger charge is 2.24. The molecule has 0 aromatic rings. The molecule has 16 heavy (non-hydrogen) atoms. The van der Waals surface area contributed by atoms with E-state index in [9.17, 15) is 4.79 Å². The van der Waals surface area contributed by atoms with E-state index < -0.39 is 6.10 Å². The third kappa shape index (κ3) is 3.19. The van der Waals surface area contributed by atoms with Crippen LogP contribution in [0.2, 0.25) is 0 Å². The van der Waals surface area contributed by atoms with E-state index in [0.29, 0.717) is 26.2 Å². The summed E-state index contributed by atoms with van der Waals surface area (Å²) >= 11 is 0. The molecule has 2 rings (SSSR count). The average molecular weight is 223 g/mol. The Morgan fingerprint density at radius 1 is 1.56 bits per heavy atom. The van der Waals surface area contributed by atoms with Crippen molar-refractivity contribution in [3.8, 4) is 6.07 Å². The maximum Gasteiger partial charge on any atom is 0.236 e. The normalized spacial score (nSPS) is 25.2. The summed E-state index contributed by atoms with van der Waals surface area (Å²) in [7, 11) is 0.